The lowest BCUT2D eigenvalue weighted by Crippen LogP contribution is -2.52. The highest BCUT2D eigenvalue weighted by atomic mass is 35.5. The zero-order valence-electron chi connectivity index (χ0n) is 24.3. The van der Waals surface area contributed by atoms with Gasteiger partial charge in [0.25, 0.3) is 6.43 Å². The van der Waals surface area contributed by atoms with E-state index in [1.807, 2.05) is 13.8 Å². The number of aromatic nitrogens is 3. The first-order valence-corrected chi connectivity index (χ1v) is 14.8. The van der Waals surface area contributed by atoms with Crippen molar-refractivity contribution in [2.45, 2.75) is 65.0 Å². The number of benzene rings is 1. The molecule has 1 aromatic carbocycles. The molecule has 2 aromatic rings. The Morgan fingerprint density at radius 3 is 2.69 bits per heavy atom. The summed E-state index contributed by atoms with van der Waals surface area (Å²) in [4.78, 5) is 43.8. The molecule has 2 fully saturated rings. The number of alkyl halides is 2. The summed E-state index contributed by atoms with van der Waals surface area (Å²) in [7, 11) is 2.97. The molecule has 4 atom stereocenters. The van der Waals surface area contributed by atoms with Gasteiger partial charge < -0.3 is 19.9 Å². The number of carbonyl (C=O) groups is 3. The fourth-order valence-electron chi connectivity index (χ4n) is 6.89. The molecule has 13 heteroatoms. The van der Waals surface area contributed by atoms with Crippen molar-refractivity contribution in [3.63, 3.8) is 0 Å². The van der Waals surface area contributed by atoms with E-state index in [4.69, 9.17) is 16.3 Å². The molecule has 5 rings (SSSR count). The Kier molecular flexibility index (Phi) is 8.46. The first-order chi connectivity index (χ1) is 20.0. The molecule has 2 aliphatic heterocycles. The van der Waals surface area contributed by atoms with E-state index in [0.717, 1.165) is 16.7 Å². The first kappa shape index (κ1) is 30.2. The van der Waals surface area contributed by atoms with Gasteiger partial charge >= 0.3 is 0 Å². The van der Waals surface area contributed by atoms with Gasteiger partial charge in [-0.25, -0.2) is 13.5 Å². The Labute approximate surface area is 248 Å². The van der Waals surface area contributed by atoms with Crippen molar-refractivity contribution in [3.8, 4) is 5.75 Å². The second-order valence-electron chi connectivity index (χ2n) is 11.8. The van der Waals surface area contributed by atoms with Crippen LogP contribution in [-0.2, 0) is 34.5 Å². The third-order valence-electron chi connectivity index (χ3n) is 9.33. The van der Waals surface area contributed by atoms with Crippen molar-refractivity contribution in [2.75, 3.05) is 26.7 Å². The monoisotopic (exact) mass is 606 g/mol. The van der Waals surface area contributed by atoms with Gasteiger partial charge in [-0.15, -0.1) is 5.10 Å². The molecule has 1 saturated heterocycles. The number of aryl methyl sites for hydroxylation is 1. The number of hydrogen-bond acceptors (Lipinski definition) is 6. The molecule has 228 valence electrons. The van der Waals surface area contributed by atoms with E-state index in [9.17, 15) is 23.2 Å². The lowest BCUT2D eigenvalue weighted by molar-refractivity contribution is -0.148. The van der Waals surface area contributed by atoms with Crippen molar-refractivity contribution in [3.05, 3.63) is 39.7 Å². The second kappa shape index (κ2) is 11.8. The van der Waals surface area contributed by atoms with Gasteiger partial charge in [0.15, 0.2) is 0 Å². The number of fused-ring (bicyclic) bond motifs is 1. The van der Waals surface area contributed by atoms with Crippen LogP contribution in [0.5, 0.6) is 5.75 Å². The summed E-state index contributed by atoms with van der Waals surface area (Å²) < 4.78 is 34.5. The highest BCUT2D eigenvalue weighted by molar-refractivity contribution is 6.31. The minimum atomic E-state index is -2.78. The van der Waals surface area contributed by atoms with Gasteiger partial charge in [0.2, 0.25) is 17.7 Å². The summed E-state index contributed by atoms with van der Waals surface area (Å²) in [6.45, 7) is 4.61. The third kappa shape index (κ3) is 5.22. The number of rotatable bonds is 8. The number of amides is 3. The van der Waals surface area contributed by atoms with E-state index in [-0.39, 0.29) is 48.2 Å². The number of likely N-dealkylation sites (tertiary alicyclic amines) is 1. The van der Waals surface area contributed by atoms with Crippen molar-refractivity contribution >= 4 is 29.3 Å². The van der Waals surface area contributed by atoms with E-state index in [1.165, 1.54) is 7.05 Å². The van der Waals surface area contributed by atoms with Gasteiger partial charge in [-0.05, 0) is 50.3 Å². The van der Waals surface area contributed by atoms with Crippen LogP contribution in [0.1, 0.15) is 74.5 Å². The number of nitrogens with one attached hydrogen (secondary N) is 1. The largest absolute Gasteiger partial charge is 0.487 e. The quantitative estimate of drug-likeness (QED) is 0.489. The molecule has 0 bridgehead atoms. The summed E-state index contributed by atoms with van der Waals surface area (Å²) in [5.41, 5.74) is 0.262. The Bertz CT molecular complexity index is 1390. The summed E-state index contributed by atoms with van der Waals surface area (Å²) in [6, 6.07) is 2.76. The molecule has 3 amide bonds. The molecule has 1 aromatic heterocycles. The second-order valence-corrected chi connectivity index (χ2v) is 12.2. The average molecular weight is 607 g/mol. The van der Waals surface area contributed by atoms with Crippen molar-refractivity contribution < 1.29 is 27.9 Å². The van der Waals surface area contributed by atoms with Crippen LogP contribution < -0.4 is 10.1 Å². The number of hydrogen-bond donors (Lipinski definition) is 1. The molecule has 3 aliphatic rings. The molecule has 42 heavy (non-hydrogen) atoms. The molecule has 1 unspecified atom stereocenters. The van der Waals surface area contributed by atoms with Crippen LogP contribution in [0.4, 0.5) is 8.78 Å². The molecule has 1 N–H and O–H groups in total. The van der Waals surface area contributed by atoms with Crippen LogP contribution in [0.3, 0.4) is 0 Å². The molecular formula is C29H37ClF2N6O4. The summed E-state index contributed by atoms with van der Waals surface area (Å²) in [5, 5.41) is 10.8. The molecule has 0 radical (unpaired) electrons. The zero-order valence-corrected chi connectivity index (χ0v) is 25.1. The van der Waals surface area contributed by atoms with Crippen molar-refractivity contribution in [1.29, 1.82) is 0 Å². The third-order valence-corrected chi connectivity index (χ3v) is 9.68. The minimum Gasteiger partial charge on any atom is -0.487 e. The fourth-order valence-corrected chi connectivity index (χ4v) is 7.15. The van der Waals surface area contributed by atoms with E-state index in [0.29, 0.717) is 55.1 Å². The lowest BCUT2D eigenvalue weighted by atomic mass is 9.77. The Hall–Kier alpha value is -3.28. The minimum absolute atomic E-state index is 0.00679. The highest BCUT2D eigenvalue weighted by Gasteiger charge is 2.51. The standard InChI is InChI=1S/C29H37ClF2N6O4/c1-16-9-12-37(26(16)39)14-21-23-17(10-13-38(21)27(40)18-6-5-11-29(18,2)28(41)33-3)19(30)7-8-22(23)42-15-20-24(25(31)32)36(4)35-34-20/h7-8,16,18,21,25H,5-6,9-15H2,1-4H3,(H,33,41)/t16?,18-,21+,29-/m0/s1. The number of nitrogens with zero attached hydrogens (tertiary/aromatic N) is 5. The average Bonchev–Trinajstić information content (AvgIpc) is 3.64. The number of carbonyl (C=O) groups excluding carboxylic acids is 3. The summed E-state index contributed by atoms with van der Waals surface area (Å²) in [6.07, 6.45) is 0.307. The van der Waals surface area contributed by atoms with Crippen LogP contribution in [0.25, 0.3) is 0 Å². The molecule has 1 aliphatic carbocycles. The van der Waals surface area contributed by atoms with E-state index < -0.39 is 23.8 Å². The van der Waals surface area contributed by atoms with Crippen molar-refractivity contribution in [2.24, 2.45) is 24.3 Å². The maximum atomic E-state index is 14.3. The zero-order chi connectivity index (χ0) is 30.3. The summed E-state index contributed by atoms with van der Waals surface area (Å²) in [5.74, 6) is -0.566. The van der Waals surface area contributed by atoms with Crippen LogP contribution >= 0.6 is 11.6 Å². The molecular weight excluding hydrogens is 570 g/mol. The molecule has 0 spiro atoms. The van der Waals surface area contributed by atoms with E-state index >= 15 is 0 Å². The van der Waals surface area contributed by atoms with Gasteiger partial charge in [0.1, 0.15) is 23.7 Å². The molecule has 3 heterocycles. The number of halogens is 3. The number of ether oxygens (including phenoxy) is 1. The van der Waals surface area contributed by atoms with E-state index in [1.54, 1.807) is 29.0 Å². The predicted octanol–water partition coefficient (Wildman–Crippen LogP) is 3.83. The van der Waals surface area contributed by atoms with Gasteiger partial charge in [0, 0.05) is 50.2 Å². The predicted molar refractivity (Wildman–Crippen MR) is 150 cm³/mol. The normalized spacial score (nSPS) is 25.7. The van der Waals surface area contributed by atoms with Crippen LogP contribution in [0.15, 0.2) is 12.1 Å². The SMILES string of the molecule is CNC(=O)[C@@]1(C)CCC[C@H]1C(=O)N1CCc2c(Cl)ccc(OCc3nnn(C)c3C(F)F)c2[C@H]1CN1CCC(C)C1=O. The maximum absolute atomic E-state index is 14.3. The lowest BCUT2D eigenvalue weighted by Gasteiger charge is -2.43. The smallest absolute Gasteiger partial charge is 0.282 e. The molecule has 1 saturated carbocycles. The van der Waals surface area contributed by atoms with Gasteiger partial charge in [-0.3, -0.25) is 14.4 Å². The van der Waals surface area contributed by atoms with Gasteiger partial charge in [-0.2, -0.15) is 0 Å². The Balaban J connectivity index is 1.54. The van der Waals surface area contributed by atoms with Crippen molar-refractivity contribution in [1.82, 2.24) is 30.1 Å². The maximum Gasteiger partial charge on any atom is 0.282 e. The van der Waals surface area contributed by atoms with Crippen LogP contribution in [0.2, 0.25) is 5.02 Å². The summed E-state index contributed by atoms with van der Waals surface area (Å²) >= 11 is 6.68. The first-order valence-electron chi connectivity index (χ1n) is 14.4. The topological polar surface area (TPSA) is 110 Å². The molecule has 10 nitrogen and oxygen atoms in total. The van der Waals surface area contributed by atoms with Crippen LogP contribution in [-0.4, -0.2) is 69.2 Å². The van der Waals surface area contributed by atoms with Crippen LogP contribution in [0, 0.1) is 17.3 Å². The van der Waals surface area contributed by atoms with Gasteiger partial charge in [0.05, 0.1) is 17.4 Å². The fraction of sp³-hybridized carbons (Fsp3) is 0.621. The van der Waals surface area contributed by atoms with Gasteiger partial charge in [-0.1, -0.05) is 30.2 Å². The van der Waals surface area contributed by atoms with E-state index in [2.05, 4.69) is 15.6 Å². The highest BCUT2D eigenvalue weighted by Crippen LogP contribution is 2.47. The Morgan fingerprint density at radius 1 is 1.26 bits per heavy atom. The Morgan fingerprint density at radius 2 is 2.02 bits per heavy atom.